The van der Waals surface area contributed by atoms with E-state index in [0.717, 1.165) is 62.6 Å². The molecule has 0 atom stereocenters. The first-order valence-electron chi connectivity index (χ1n) is 10.6. The molecule has 1 aliphatic carbocycles. The van der Waals surface area contributed by atoms with E-state index < -0.39 is 0 Å². The number of hydrogen-bond donors (Lipinski definition) is 0. The Morgan fingerprint density at radius 3 is 2.34 bits per heavy atom. The van der Waals surface area contributed by atoms with Gasteiger partial charge in [-0.15, -0.1) is 0 Å². The molecule has 1 saturated heterocycles. The maximum atomic E-state index is 5.06. The zero-order valence-corrected chi connectivity index (χ0v) is 17.0. The van der Waals surface area contributed by atoms with Gasteiger partial charge in [0.25, 0.3) is 0 Å². The van der Waals surface area contributed by atoms with Crippen molar-refractivity contribution in [3.05, 3.63) is 65.6 Å². The van der Waals surface area contributed by atoms with Gasteiger partial charge in [-0.05, 0) is 56.9 Å². The summed E-state index contributed by atoms with van der Waals surface area (Å²) in [6, 6.07) is 12.9. The number of anilines is 2. The van der Waals surface area contributed by atoms with Crippen LogP contribution in [0.15, 0.2) is 48.8 Å². The van der Waals surface area contributed by atoms with Crippen molar-refractivity contribution in [2.75, 3.05) is 36.0 Å². The van der Waals surface area contributed by atoms with Crippen molar-refractivity contribution in [1.29, 1.82) is 0 Å². The smallest absolute Gasteiger partial charge is 0.161 e. The Morgan fingerprint density at radius 1 is 0.759 bits per heavy atom. The highest BCUT2D eigenvalue weighted by atomic mass is 15.3. The number of pyridine rings is 1. The fourth-order valence-corrected chi connectivity index (χ4v) is 4.45. The quantitative estimate of drug-likeness (QED) is 0.681. The summed E-state index contributed by atoms with van der Waals surface area (Å²) >= 11 is 0. The number of benzene rings is 1. The lowest BCUT2D eigenvalue weighted by Gasteiger charge is -2.26. The average Bonchev–Trinajstić information content (AvgIpc) is 3.11. The molecule has 0 saturated carbocycles. The fourth-order valence-electron chi connectivity index (χ4n) is 4.45. The molecule has 3 aromatic rings. The minimum atomic E-state index is 0.836. The van der Waals surface area contributed by atoms with Crippen LogP contribution in [-0.2, 0) is 12.8 Å². The zero-order chi connectivity index (χ0) is 19.6. The Balaban J connectivity index is 1.43. The van der Waals surface area contributed by atoms with Crippen LogP contribution in [0.25, 0.3) is 11.4 Å². The molecule has 3 heterocycles. The van der Waals surface area contributed by atoms with E-state index in [2.05, 4.69) is 46.0 Å². The van der Waals surface area contributed by atoms with E-state index in [-0.39, 0.29) is 0 Å². The predicted molar refractivity (Wildman–Crippen MR) is 118 cm³/mol. The molecule has 0 radical (unpaired) electrons. The summed E-state index contributed by atoms with van der Waals surface area (Å²) < 4.78 is 0. The second kappa shape index (κ2) is 7.82. The highest BCUT2D eigenvalue weighted by molar-refractivity contribution is 5.61. The monoisotopic (exact) mass is 385 g/mol. The van der Waals surface area contributed by atoms with Gasteiger partial charge in [-0.2, -0.15) is 0 Å². The van der Waals surface area contributed by atoms with Gasteiger partial charge >= 0.3 is 0 Å². The predicted octanol–water partition coefficient (Wildman–Crippen LogP) is 4.05. The van der Waals surface area contributed by atoms with E-state index in [1.54, 1.807) is 0 Å². The molecular formula is C24H27N5. The third-order valence-corrected chi connectivity index (χ3v) is 6.04. The van der Waals surface area contributed by atoms with Crippen molar-refractivity contribution in [2.24, 2.45) is 0 Å². The number of hydrogen-bond acceptors (Lipinski definition) is 5. The summed E-state index contributed by atoms with van der Waals surface area (Å²) in [5.41, 5.74) is 6.29. The van der Waals surface area contributed by atoms with Gasteiger partial charge < -0.3 is 9.80 Å². The third-order valence-electron chi connectivity index (χ3n) is 6.04. The zero-order valence-electron chi connectivity index (χ0n) is 17.0. The highest BCUT2D eigenvalue weighted by Crippen LogP contribution is 2.32. The Kier molecular flexibility index (Phi) is 4.88. The first-order chi connectivity index (χ1) is 14.3. The van der Waals surface area contributed by atoms with Crippen LogP contribution in [0.5, 0.6) is 0 Å². The van der Waals surface area contributed by atoms with Crippen LogP contribution in [0.1, 0.15) is 29.7 Å². The molecule has 2 aromatic heterocycles. The van der Waals surface area contributed by atoms with Crippen LogP contribution in [0.3, 0.4) is 0 Å². The van der Waals surface area contributed by atoms with E-state index in [4.69, 9.17) is 9.97 Å². The van der Waals surface area contributed by atoms with Crippen molar-refractivity contribution >= 4 is 11.5 Å². The summed E-state index contributed by atoms with van der Waals surface area (Å²) in [4.78, 5) is 19.1. The van der Waals surface area contributed by atoms with Crippen molar-refractivity contribution < 1.29 is 0 Å². The molecule has 1 fully saturated rings. The second-order valence-electron chi connectivity index (χ2n) is 8.05. The molecule has 29 heavy (non-hydrogen) atoms. The van der Waals surface area contributed by atoms with Gasteiger partial charge in [0.1, 0.15) is 5.82 Å². The number of aryl methyl sites for hydroxylation is 2. The van der Waals surface area contributed by atoms with Crippen molar-refractivity contribution in [2.45, 2.75) is 32.6 Å². The Labute approximate surface area is 172 Å². The number of nitrogens with zero attached hydrogens (tertiary/aromatic N) is 5. The molecule has 1 aliphatic heterocycles. The molecule has 0 amide bonds. The molecule has 0 spiro atoms. The van der Waals surface area contributed by atoms with Crippen LogP contribution in [0.2, 0.25) is 0 Å². The number of aromatic nitrogens is 3. The first-order valence-corrected chi connectivity index (χ1v) is 10.6. The molecule has 0 unspecified atom stereocenters. The van der Waals surface area contributed by atoms with E-state index in [9.17, 15) is 0 Å². The molecule has 5 heteroatoms. The summed E-state index contributed by atoms with van der Waals surface area (Å²) in [6.45, 7) is 6.29. The summed E-state index contributed by atoms with van der Waals surface area (Å²) in [6.07, 6.45) is 8.11. The molecule has 148 valence electrons. The van der Waals surface area contributed by atoms with Gasteiger partial charge in [0.05, 0.1) is 0 Å². The molecule has 1 aromatic carbocycles. The van der Waals surface area contributed by atoms with Crippen molar-refractivity contribution in [3.63, 3.8) is 0 Å². The average molecular weight is 386 g/mol. The number of fused-ring (bicyclic) bond motifs is 1. The van der Waals surface area contributed by atoms with Gasteiger partial charge in [0, 0.05) is 61.1 Å². The van der Waals surface area contributed by atoms with Gasteiger partial charge in [-0.1, -0.05) is 17.7 Å². The maximum absolute atomic E-state index is 5.06. The van der Waals surface area contributed by atoms with E-state index >= 15 is 0 Å². The Bertz CT molecular complexity index is 984. The van der Waals surface area contributed by atoms with Crippen LogP contribution >= 0.6 is 0 Å². The molecule has 5 rings (SSSR count). The molecule has 0 bridgehead atoms. The minimum Gasteiger partial charge on any atom is -0.370 e. The standard InChI is InChI=1S/C24H27N5/c1-18-6-8-20(9-7-18)28-14-3-15-29(17-16-28)24-21-4-2-5-22(21)26-23(27-24)19-10-12-25-13-11-19/h6-13H,2-5,14-17H2,1H3. The topological polar surface area (TPSA) is 45.2 Å². The van der Waals surface area contributed by atoms with E-state index in [0.29, 0.717) is 0 Å². The maximum Gasteiger partial charge on any atom is 0.161 e. The summed E-state index contributed by atoms with van der Waals surface area (Å²) in [5, 5.41) is 0. The SMILES string of the molecule is Cc1ccc(N2CCCN(c3nc(-c4ccncc4)nc4c3CCC4)CC2)cc1. The van der Waals surface area contributed by atoms with Gasteiger partial charge in [0.2, 0.25) is 0 Å². The minimum absolute atomic E-state index is 0.836. The van der Waals surface area contributed by atoms with Crippen LogP contribution in [0, 0.1) is 6.92 Å². The van der Waals surface area contributed by atoms with Crippen LogP contribution in [-0.4, -0.2) is 41.1 Å². The molecular weight excluding hydrogens is 358 g/mol. The van der Waals surface area contributed by atoms with Crippen molar-refractivity contribution in [1.82, 2.24) is 15.0 Å². The van der Waals surface area contributed by atoms with Gasteiger partial charge in [-0.25, -0.2) is 9.97 Å². The van der Waals surface area contributed by atoms with Crippen molar-refractivity contribution in [3.8, 4) is 11.4 Å². The third kappa shape index (κ3) is 3.69. The first kappa shape index (κ1) is 18.1. The largest absolute Gasteiger partial charge is 0.370 e. The summed E-state index contributed by atoms with van der Waals surface area (Å²) in [7, 11) is 0. The Hall–Kier alpha value is -2.95. The lowest BCUT2D eigenvalue weighted by Crippen LogP contribution is -2.32. The van der Waals surface area contributed by atoms with Crippen LogP contribution < -0.4 is 9.80 Å². The lowest BCUT2D eigenvalue weighted by molar-refractivity contribution is 0.789. The van der Waals surface area contributed by atoms with E-state index in [1.807, 2.05) is 24.5 Å². The molecule has 2 aliphatic rings. The second-order valence-corrected chi connectivity index (χ2v) is 8.05. The van der Waals surface area contributed by atoms with Gasteiger partial charge in [-0.3, -0.25) is 4.98 Å². The summed E-state index contributed by atoms with van der Waals surface area (Å²) in [5.74, 6) is 1.99. The fraction of sp³-hybridized carbons (Fsp3) is 0.375. The number of rotatable bonds is 3. The van der Waals surface area contributed by atoms with Gasteiger partial charge in [0.15, 0.2) is 5.82 Å². The van der Waals surface area contributed by atoms with E-state index in [1.165, 1.54) is 28.9 Å². The normalized spacial score (nSPS) is 16.6. The highest BCUT2D eigenvalue weighted by Gasteiger charge is 2.25. The lowest BCUT2D eigenvalue weighted by atomic mass is 10.2. The van der Waals surface area contributed by atoms with Crippen LogP contribution in [0.4, 0.5) is 11.5 Å². The molecule has 0 N–H and O–H groups in total. The Morgan fingerprint density at radius 2 is 1.52 bits per heavy atom. The molecule has 5 nitrogen and oxygen atoms in total.